The van der Waals surface area contributed by atoms with Gasteiger partial charge in [-0.05, 0) is 62.7 Å². The number of carbonyl (C=O) groups is 4. The minimum atomic E-state index is -1.15. The summed E-state index contributed by atoms with van der Waals surface area (Å²) in [7, 11) is 1.41. The normalized spacial score (nSPS) is 11.7. The molecular weight excluding hydrogens is 474 g/mol. The van der Waals surface area contributed by atoms with Gasteiger partial charge in [0.05, 0.1) is 11.1 Å². The zero-order valence-electron chi connectivity index (χ0n) is 21.2. The molecule has 0 saturated heterocycles. The third kappa shape index (κ3) is 8.03. The first-order valence-corrected chi connectivity index (χ1v) is 11.7. The molecule has 8 nitrogen and oxygen atoms in total. The Morgan fingerprint density at radius 2 is 1.27 bits per heavy atom. The molecule has 1 amide bonds. The van der Waals surface area contributed by atoms with E-state index in [0.29, 0.717) is 16.9 Å². The minimum absolute atomic E-state index is 0.0313. The lowest BCUT2D eigenvalue weighted by atomic mass is 10.0. The largest absolute Gasteiger partial charge is 0.444 e. The van der Waals surface area contributed by atoms with E-state index in [9.17, 15) is 19.2 Å². The van der Waals surface area contributed by atoms with Crippen molar-refractivity contribution >= 4 is 24.0 Å². The Morgan fingerprint density at radius 1 is 0.757 bits per heavy atom. The molecule has 0 aliphatic heterocycles. The minimum Gasteiger partial charge on any atom is -0.444 e. The maximum Gasteiger partial charge on any atom is 0.410 e. The molecule has 0 spiro atoms. The van der Waals surface area contributed by atoms with Gasteiger partial charge in [0.2, 0.25) is 0 Å². The molecule has 0 N–H and O–H groups in total. The van der Waals surface area contributed by atoms with Crippen LogP contribution in [0.4, 0.5) is 4.79 Å². The fourth-order valence-electron chi connectivity index (χ4n) is 3.29. The molecule has 0 unspecified atom stereocenters. The van der Waals surface area contributed by atoms with Crippen LogP contribution in [0.25, 0.3) is 0 Å². The number of likely N-dealkylation sites (N-methyl/N-ethyl adjacent to an activating group) is 1. The van der Waals surface area contributed by atoms with E-state index in [2.05, 4.69) is 0 Å². The van der Waals surface area contributed by atoms with E-state index in [-0.39, 0.29) is 12.0 Å². The molecule has 0 bridgehead atoms. The number of hydrogen-bond acceptors (Lipinski definition) is 7. The topological polar surface area (TPSA) is 99.2 Å². The fraction of sp³-hybridized carbons (Fsp3) is 0.241. The lowest BCUT2D eigenvalue weighted by molar-refractivity contribution is -0.143. The summed E-state index contributed by atoms with van der Waals surface area (Å²) in [6, 6.07) is 22.0. The molecule has 0 aliphatic rings. The molecule has 8 heteroatoms. The molecule has 3 aromatic carbocycles. The van der Waals surface area contributed by atoms with Gasteiger partial charge in [-0.1, -0.05) is 48.5 Å². The second-order valence-corrected chi connectivity index (χ2v) is 9.29. The molecule has 192 valence electrons. The Kier molecular flexibility index (Phi) is 8.79. The van der Waals surface area contributed by atoms with Crippen molar-refractivity contribution in [3.63, 3.8) is 0 Å². The van der Waals surface area contributed by atoms with Crippen LogP contribution in [0, 0.1) is 0 Å². The van der Waals surface area contributed by atoms with Crippen LogP contribution in [-0.2, 0) is 20.7 Å². The molecule has 0 aromatic heterocycles. The van der Waals surface area contributed by atoms with Gasteiger partial charge in [0.1, 0.15) is 17.4 Å². The van der Waals surface area contributed by atoms with Gasteiger partial charge in [0.15, 0.2) is 0 Å². The van der Waals surface area contributed by atoms with Crippen LogP contribution in [0.15, 0.2) is 84.9 Å². The summed E-state index contributed by atoms with van der Waals surface area (Å²) in [6.07, 6.45) is -0.709. The number of amides is 1. The highest BCUT2D eigenvalue weighted by molar-refractivity contribution is 5.98. The van der Waals surface area contributed by atoms with Gasteiger partial charge in [-0.15, -0.1) is 0 Å². The smallest absolute Gasteiger partial charge is 0.410 e. The zero-order valence-corrected chi connectivity index (χ0v) is 21.2. The van der Waals surface area contributed by atoms with E-state index >= 15 is 0 Å². The first-order chi connectivity index (χ1) is 17.5. The van der Waals surface area contributed by atoms with E-state index in [0.717, 1.165) is 4.90 Å². The summed E-state index contributed by atoms with van der Waals surface area (Å²) in [6.45, 7) is 5.13. The Labute approximate surface area is 215 Å². The zero-order chi connectivity index (χ0) is 27.0. The van der Waals surface area contributed by atoms with E-state index in [1.54, 1.807) is 93.6 Å². The molecule has 0 saturated carbocycles. The first kappa shape index (κ1) is 27.1. The van der Waals surface area contributed by atoms with Crippen molar-refractivity contribution in [1.82, 2.24) is 4.90 Å². The second kappa shape index (κ2) is 12.0. The van der Waals surface area contributed by atoms with Crippen LogP contribution in [0.2, 0.25) is 0 Å². The number of ether oxygens (including phenoxy) is 3. The molecule has 0 radical (unpaired) electrons. The van der Waals surface area contributed by atoms with Crippen LogP contribution >= 0.6 is 0 Å². The van der Waals surface area contributed by atoms with Crippen LogP contribution in [0.5, 0.6) is 5.75 Å². The standard InChI is InChI=1S/C29H29NO7/c1-29(2,3)37-28(34)30(4)24(27(33)36-26(32)22-13-9-6-10-14-22)19-20-15-17-23(18-16-20)35-25(31)21-11-7-5-8-12-21/h5-18,24H,19H2,1-4H3/t24-/m0/s1. The van der Waals surface area contributed by atoms with E-state index in [4.69, 9.17) is 14.2 Å². The highest BCUT2D eigenvalue weighted by Gasteiger charge is 2.33. The van der Waals surface area contributed by atoms with Crippen LogP contribution in [0.1, 0.15) is 47.1 Å². The van der Waals surface area contributed by atoms with Crippen molar-refractivity contribution in [2.75, 3.05) is 7.05 Å². The lowest BCUT2D eigenvalue weighted by Crippen LogP contribution is -2.47. The van der Waals surface area contributed by atoms with Crippen molar-refractivity contribution in [2.45, 2.75) is 38.8 Å². The van der Waals surface area contributed by atoms with Gasteiger partial charge in [-0.25, -0.2) is 19.2 Å². The predicted octanol–water partition coefficient (Wildman–Crippen LogP) is 5.07. The molecule has 0 heterocycles. The summed E-state index contributed by atoms with van der Waals surface area (Å²) in [5.41, 5.74) is 0.476. The monoisotopic (exact) mass is 503 g/mol. The number of nitrogens with zero attached hydrogens (tertiary/aromatic N) is 1. The van der Waals surface area contributed by atoms with Crippen molar-refractivity contribution in [1.29, 1.82) is 0 Å². The average Bonchev–Trinajstić information content (AvgIpc) is 2.87. The van der Waals surface area contributed by atoms with Gasteiger partial charge >= 0.3 is 24.0 Å². The van der Waals surface area contributed by atoms with Crippen LogP contribution in [-0.4, -0.2) is 47.6 Å². The van der Waals surface area contributed by atoms with Crippen molar-refractivity contribution in [3.05, 3.63) is 102 Å². The third-order valence-corrected chi connectivity index (χ3v) is 5.20. The molecule has 3 aromatic rings. The summed E-state index contributed by atoms with van der Waals surface area (Å²) < 4.78 is 15.9. The van der Waals surface area contributed by atoms with Crippen LogP contribution in [0.3, 0.4) is 0 Å². The second-order valence-electron chi connectivity index (χ2n) is 9.29. The van der Waals surface area contributed by atoms with Crippen molar-refractivity contribution in [2.24, 2.45) is 0 Å². The summed E-state index contributed by atoms with van der Waals surface area (Å²) in [4.78, 5) is 51.6. The molecule has 0 fully saturated rings. The van der Waals surface area contributed by atoms with E-state index < -0.39 is 35.6 Å². The summed E-state index contributed by atoms with van der Waals surface area (Å²) in [5, 5.41) is 0. The van der Waals surface area contributed by atoms with Gasteiger partial charge in [-0.3, -0.25) is 4.90 Å². The van der Waals surface area contributed by atoms with Crippen LogP contribution < -0.4 is 4.74 Å². The van der Waals surface area contributed by atoms with Gasteiger partial charge in [-0.2, -0.15) is 0 Å². The maximum absolute atomic E-state index is 13.1. The number of rotatable bonds is 7. The highest BCUT2D eigenvalue weighted by atomic mass is 16.6. The number of esters is 3. The maximum atomic E-state index is 13.1. The van der Waals surface area contributed by atoms with E-state index in [1.807, 2.05) is 0 Å². The average molecular weight is 504 g/mol. The molecule has 37 heavy (non-hydrogen) atoms. The van der Waals surface area contributed by atoms with Gasteiger partial charge in [0.25, 0.3) is 0 Å². The number of hydrogen-bond donors (Lipinski definition) is 0. The highest BCUT2D eigenvalue weighted by Crippen LogP contribution is 2.19. The summed E-state index contributed by atoms with van der Waals surface area (Å²) >= 11 is 0. The predicted molar refractivity (Wildman–Crippen MR) is 136 cm³/mol. The first-order valence-electron chi connectivity index (χ1n) is 11.7. The fourth-order valence-corrected chi connectivity index (χ4v) is 3.29. The quantitative estimate of drug-likeness (QED) is 0.252. The van der Waals surface area contributed by atoms with E-state index in [1.165, 1.54) is 19.2 Å². The third-order valence-electron chi connectivity index (χ3n) is 5.20. The Balaban J connectivity index is 1.76. The van der Waals surface area contributed by atoms with Crippen molar-refractivity contribution < 1.29 is 33.4 Å². The number of benzene rings is 3. The molecule has 1 atom stereocenters. The SMILES string of the molecule is CN(C(=O)OC(C)(C)C)[C@@H](Cc1ccc(OC(=O)c2ccccc2)cc1)C(=O)OC(=O)c1ccccc1. The number of carbonyl (C=O) groups excluding carboxylic acids is 4. The van der Waals surface area contributed by atoms with Gasteiger partial charge in [0, 0.05) is 13.5 Å². The Hall–Kier alpha value is -4.46. The Bertz CT molecular complexity index is 1230. The molecule has 3 rings (SSSR count). The summed E-state index contributed by atoms with van der Waals surface area (Å²) in [5.74, 6) is -1.91. The molecule has 0 aliphatic carbocycles. The van der Waals surface area contributed by atoms with Gasteiger partial charge < -0.3 is 14.2 Å². The molecular formula is C29H29NO7. The van der Waals surface area contributed by atoms with Crippen molar-refractivity contribution in [3.8, 4) is 5.75 Å². The Morgan fingerprint density at radius 3 is 1.78 bits per heavy atom. The lowest BCUT2D eigenvalue weighted by Gasteiger charge is -2.29.